The van der Waals surface area contributed by atoms with Crippen LogP contribution in [0.15, 0.2) is 27.9 Å². The van der Waals surface area contributed by atoms with E-state index in [1.807, 2.05) is 4.99 Å². The average molecular weight is 543 g/mol. The number of allylic oxidation sites excluding steroid dienone is 1. The Bertz CT molecular complexity index is 1050. The molecule has 1 aromatic rings. The number of aliphatic imine (C=N–C) groups is 1. The third-order valence-corrected chi connectivity index (χ3v) is 4.96. The second kappa shape index (κ2) is 8.15. The highest BCUT2D eigenvalue weighted by molar-refractivity contribution is 8.17. The molecule has 2 rings (SSSR count). The Balaban J connectivity index is 2.78. The van der Waals surface area contributed by atoms with Crippen LogP contribution < -0.4 is 5.32 Å². The summed E-state index contributed by atoms with van der Waals surface area (Å²) in [5.74, 6) is -6.15. The average Bonchev–Trinajstić information content (AvgIpc) is 2.99. The van der Waals surface area contributed by atoms with Gasteiger partial charge >= 0.3 is 24.7 Å². The molecule has 0 saturated heterocycles. The second-order valence-corrected chi connectivity index (χ2v) is 7.09. The molecule has 0 unspecified atom stereocenters. The first-order valence-corrected chi connectivity index (χ1v) is 8.56. The number of alkyl halides is 12. The Labute approximate surface area is 180 Å². The lowest BCUT2D eigenvalue weighted by atomic mass is 9.97. The highest BCUT2D eigenvalue weighted by Gasteiger charge is 2.77. The molecule has 1 N–H and O–H groups in total. The van der Waals surface area contributed by atoms with Crippen molar-refractivity contribution >= 4 is 28.3 Å². The standard InChI is InChI=1S/C14H3F14N3O2S/c15-4-2-5(6(31(32)33)1-3(4)11(17,18)19)29-9-30-10(13(23,24)25,14(26,27)28)8(34-9)7(16)12(20,21)22/h1-2H,(H,29,30)/b8-7+. The summed E-state index contributed by atoms with van der Waals surface area (Å²) in [5.41, 5.74) is -11.4. The number of nitro benzene ring substituents is 1. The monoisotopic (exact) mass is 543 g/mol. The Morgan fingerprint density at radius 1 is 0.971 bits per heavy atom. The van der Waals surface area contributed by atoms with Crippen LogP contribution in [0.25, 0.3) is 0 Å². The summed E-state index contributed by atoms with van der Waals surface area (Å²) in [5, 5.41) is 10.3. The zero-order valence-electron chi connectivity index (χ0n) is 15.1. The van der Waals surface area contributed by atoms with Gasteiger partial charge in [-0.1, -0.05) is 11.8 Å². The summed E-state index contributed by atoms with van der Waals surface area (Å²) in [6, 6.07) is -0.847. The van der Waals surface area contributed by atoms with Crippen LogP contribution in [0.3, 0.4) is 0 Å². The van der Waals surface area contributed by atoms with Crippen molar-refractivity contribution in [2.45, 2.75) is 30.2 Å². The molecule has 190 valence electrons. The molecule has 34 heavy (non-hydrogen) atoms. The van der Waals surface area contributed by atoms with Gasteiger partial charge in [0.25, 0.3) is 11.2 Å². The van der Waals surface area contributed by atoms with E-state index in [9.17, 15) is 71.6 Å². The fraction of sp³-hybridized carbons (Fsp3) is 0.357. The lowest BCUT2D eigenvalue weighted by Gasteiger charge is -2.31. The van der Waals surface area contributed by atoms with Crippen molar-refractivity contribution in [1.82, 2.24) is 0 Å². The van der Waals surface area contributed by atoms with Crippen LogP contribution in [0.5, 0.6) is 0 Å². The van der Waals surface area contributed by atoms with Gasteiger partial charge in [-0.25, -0.2) is 13.8 Å². The maximum atomic E-state index is 13.7. The molecule has 0 aliphatic carbocycles. The van der Waals surface area contributed by atoms with Gasteiger partial charge in [0, 0.05) is 12.1 Å². The van der Waals surface area contributed by atoms with Gasteiger partial charge in [0.1, 0.15) is 11.5 Å². The molecule has 0 bridgehead atoms. The van der Waals surface area contributed by atoms with Crippen molar-refractivity contribution in [2.75, 3.05) is 5.32 Å². The topological polar surface area (TPSA) is 67.5 Å². The van der Waals surface area contributed by atoms with Crippen molar-refractivity contribution in [3.8, 4) is 0 Å². The predicted octanol–water partition coefficient (Wildman–Crippen LogP) is 6.87. The number of halogens is 14. The van der Waals surface area contributed by atoms with Gasteiger partial charge < -0.3 is 5.32 Å². The molecule has 0 radical (unpaired) electrons. The smallest absolute Gasteiger partial charge is 0.329 e. The van der Waals surface area contributed by atoms with Crippen LogP contribution in [-0.4, -0.2) is 34.2 Å². The normalized spacial score (nSPS) is 18.6. The van der Waals surface area contributed by atoms with Crippen LogP contribution in [-0.2, 0) is 6.18 Å². The molecule has 0 spiro atoms. The lowest BCUT2D eigenvalue weighted by Crippen LogP contribution is -2.55. The lowest BCUT2D eigenvalue weighted by molar-refractivity contribution is -0.384. The number of amidine groups is 1. The quantitative estimate of drug-likeness (QED) is 0.251. The van der Waals surface area contributed by atoms with Crippen molar-refractivity contribution in [3.05, 3.63) is 44.4 Å². The third kappa shape index (κ3) is 4.71. The van der Waals surface area contributed by atoms with E-state index < -0.39 is 91.7 Å². The molecular formula is C14H3F14N3O2S. The number of benzene rings is 1. The van der Waals surface area contributed by atoms with Crippen LogP contribution in [0, 0.1) is 15.9 Å². The largest absolute Gasteiger partial charge is 0.443 e. The minimum atomic E-state index is -6.75. The predicted molar refractivity (Wildman–Crippen MR) is 85.7 cm³/mol. The molecule has 0 fully saturated rings. The second-order valence-electron chi connectivity index (χ2n) is 6.09. The number of nitrogens with zero attached hydrogens (tertiary/aromatic N) is 2. The van der Waals surface area contributed by atoms with Crippen LogP contribution >= 0.6 is 11.8 Å². The summed E-state index contributed by atoms with van der Waals surface area (Å²) >= 11 is -1.25. The van der Waals surface area contributed by atoms with Gasteiger partial charge in [-0.05, 0) is 0 Å². The number of hydrogen-bond donors (Lipinski definition) is 1. The highest BCUT2D eigenvalue weighted by atomic mass is 32.2. The maximum Gasteiger partial charge on any atom is 0.443 e. The zero-order chi connectivity index (χ0) is 26.7. The van der Waals surface area contributed by atoms with E-state index in [0.29, 0.717) is 0 Å². The first kappa shape index (κ1) is 27.4. The van der Waals surface area contributed by atoms with Crippen molar-refractivity contribution in [1.29, 1.82) is 0 Å². The Kier molecular flexibility index (Phi) is 6.58. The molecule has 0 saturated carbocycles. The summed E-state index contributed by atoms with van der Waals surface area (Å²) in [4.78, 5) is 8.28. The van der Waals surface area contributed by atoms with Crippen molar-refractivity contribution in [2.24, 2.45) is 4.99 Å². The first-order valence-electron chi connectivity index (χ1n) is 7.74. The molecule has 1 heterocycles. The SMILES string of the molecule is O=[N+]([O-])c1cc(C(F)(F)F)c(F)cc1NC1=NC(C(F)(F)F)(C(F)(F)F)/C(=C(\F)C(F)(F)F)S1. The number of thioether (sulfide) groups is 1. The Morgan fingerprint density at radius 3 is 1.85 bits per heavy atom. The van der Waals surface area contributed by atoms with E-state index in [1.54, 1.807) is 0 Å². The van der Waals surface area contributed by atoms with E-state index in [1.165, 1.54) is 5.32 Å². The number of hydrogen-bond acceptors (Lipinski definition) is 5. The molecule has 0 amide bonds. The third-order valence-electron chi connectivity index (χ3n) is 3.89. The minimum absolute atomic E-state index is 0.366. The van der Waals surface area contributed by atoms with Crippen LogP contribution in [0.4, 0.5) is 72.8 Å². The van der Waals surface area contributed by atoms with Crippen LogP contribution in [0.2, 0.25) is 0 Å². The van der Waals surface area contributed by atoms with E-state index in [2.05, 4.69) is 0 Å². The molecule has 1 aromatic carbocycles. The molecule has 0 atom stereocenters. The number of nitrogens with one attached hydrogen (secondary N) is 1. The maximum absolute atomic E-state index is 13.7. The van der Waals surface area contributed by atoms with Gasteiger partial charge in [-0.3, -0.25) is 10.1 Å². The molecular weight excluding hydrogens is 540 g/mol. The van der Waals surface area contributed by atoms with Gasteiger partial charge in [0.2, 0.25) is 5.83 Å². The van der Waals surface area contributed by atoms with Crippen LogP contribution in [0.1, 0.15) is 5.56 Å². The first-order chi connectivity index (χ1) is 15.0. The number of rotatable bonds is 2. The minimum Gasteiger partial charge on any atom is -0.329 e. The van der Waals surface area contributed by atoms with E-state index >= 15 is 0 Å². The summed E-state index contributed by atoms with van der Waals surface area (Å²) in [6.07, 6.45) is -25.4. The molecule has 5 nitrogen and oxygen atoms in total. The van der Waals surface area contributed by atoms with E-state index in [-0.39, 0.29) is 6.07 Å². The summed E-state index contributed by atoms with van der Waals surface area (Å²) in [6.45, 7) is 0. The fourth-order valence-electron chi connectivity index (χ4n) is 2.47. The van der Waals surface area contributed by atoms with Gasteiger partial charge in [0.15, 0.2) is 5.17 Å². The molecule has 0 aromatic heterocycles. The van der Waals surface area contributed by atoms with Gasteiger partial charge in [0.05, 0.1) is 15.4 Å². The fourth-order valence-corrected chi connectivity index (χ4v) is 3.64. The Hall–Kier alpha value is -2.80. The zero-order valence-corrected chi connectivity index (χ0v) is 15.9. The van der Waals surface area contributed by atoms with E-state index in [0.717, 1.165) is 0 Å². The van der Waals surface area contributed by atoms with Gasteiger partial charge in [-0.15, -0.1) is 0 Å². The highest BCUT2D eigenvalue weighted by Crippen LogP contribution is 2.59. The summed E-state index contributed by atoms with van der Waals surface area (Å²) in [7, 11) is 0. The molecule has 1 aliphatic heterocycles. The number of nitro groups is 1. The van der Waals surface area contributed by atoms with Gasteiger partial charge in [-0.2, -0.15) is 52.7 Å². The Morgan fingerprint density at radius 2 is 1.47 bits per heavy atom. The summed E-state index contributed by atoms with van der Waals surface area (Å²) < 4.78 is 184. The molecule has 20 heteroatoms. The molecule has 1 aliphatic rings. The van der Waals surface area contributed by atoms with Crippen molar-refractivity contribution < 1.29 is 66.4 Å². The van der Waals surface area contributed by atoms with E-state index in [4.69, 9.17) is 0 Å². The van der Waals surface area contributed by atoms with Crippen molar-refractivity contribution in [3.63, 3.8) is 0 Å². The number of anilines is 1.